The van der Waals surface area contributed by atoms with Crippen LogP contribution in [0.25, 0.3) is 6.08 Å². The van der Waals surface area contributed by atoms with Crippen LogP contribution in [0.3, 0.4) is 0 Å². The summed E-state index contributed by atoms with van der Waals surface area (Å²) in [5, 5.41) is 1.84. The highest BCUT2D eigenvalue weighted by Crippen LogP contribution is 2.36. The van der Waals surface area contributed by atoms with E-state index in [1.165, 1.54) is 18.4 Å². The number of nitrogens with one attached hydrogen (secondary N) is 1. The molecule has 0 aliphatic rings. The molecule has 0 unspecified atom stereocenters. The lowest BCUT2D eigenvalue weighted by Crippen LogP contribution is -2.25. The third-order valence-corrected chi connectivity index (χ3v) is 4.37. The Hall–Kier alpha value is -3.52. The van der Waals surface area contributed by atoms with Crippen molar-refractivity contribution in [3.63, 3.8) is 0 Å². The van der Waals surface area contributed by atoms with Gasteiger partial charge in [0.15, 0.2) is 0 Å². The number of furan rings is 1. The van der Waals surface area contributed by atoms with Crippen LogP contribution in [0.2, 0.25) is 5.02 Å². The number of halogens is 4. The van der Waals surface area contributed by atoms with Crippen molar-refractivity contribution in [3.05, 3.63) is 94.9 Å². The zero-order valence-electron chi connectivity index (χ0n) is 15.7. The van der Waals surface area contributed by atoms with Crippen LogP contribution in [0, 0.1) is 0 Å². The van der Waals surface area contributed by atoms with Gasteiger partial charge in [-0.25, -0.2) is 4.79 Å². The average Bonchev–Trinajstić information content (AvgIpc) is 3.25. The number of carbonyl (C=O) groups excluding carboxylic acids is 2. The smallest absolute Gasteiger partial charge is 0.417 e. The quantitative estimate of drug-likeness (QED) is 0.376. The fourth-order valence-electron chi connectivity index (χ4n) is 2.62. The first-order valence-corrected chi connectivity index (χ1v) is 9.26. The molecule has 0 fully saturated rings. The Kier molecular flexibility index (Phi) is 6.81. The van der Waals surface area contributed by atoms with E-state index >= 15 is 0 Å². The Morgan fingerprint density at radius 3 is 2.45 bits per heavy atom. The van der Waals surface area contributed by atoms with E-state index in [2.05, 4.69) is 5.32 Å². The predicted octanol–water partition coefficient (Wildman–Crippen LogP) is 5.89. The topological polar surface area (TPSA) is 68.5 Å². The Morgan fingerprint density at radius 2 is 1.81 bits per heavy atom. The zero-order valence-corrected chi connectivity index (χ0v) is 16.5. The standard InChI is InChI=1S/C22H15ClF3NO4/c23-18-10-8-15(13-17(18)22(24,25)26)27-21(29)20(14-5-2-1-3-6-14)31-19(28)11-9-16-7-4-12-30-16/h1-13,20H,(H,27,29)/b11-9+/t20-/m1/s1. The first kappa shape index (κ1) is 22.2. The van der Waals surface area contributed by atoms with Crippen molar-refractivity contribution in [1.82, 2.24) is 0 Å². The molecule has 1 N–H and O–H groups in total. The van der Waals surface area contributed by atoms with Gasteiger partial charge < -0.3 is 14.5 Å². The number of ether oxygens (including phenoxy) is 1. The minimum absolute atomic E-state index is 0.148. The summed E-state index contributed by atoms with van der Waals surface area (Å²) in [6.45, 7) is 0. The van der Waals surface area contributed by atoms with Crippen LogP contribution in [0.5, 0.6) is 0 Å². The van der Waals surface area contributed by atoms with Crippen molar-refractivity contribution in [2.75, 3.05) is 5.32 Å². The largest absolute Gasteiger partial charge is 0.465 e. The molecule has 31 heavy (non-hydrogen) atoms. The van der Waals surface area contributed by atoms with E-state index < -0.39 is 34.7 Å². The normalized spacial score (nSPS) is 12.5. The Balaban J connectivity index is 1.81. The number of benzene rings is 2. The zero-order chi connectivity index (χ0) is 22.4. The fraction of sp³-hybridized carbons (Fsp3) is 0.0909. The number of hydrogen-bond donors (Lipinski definition) is 1. The number of amides is 1. The Bertz CT molecular complexity index is 1080. The van der Waals surface area contributed by atoms with Crippen LogP contribution in [-0.2, 0) is 20.5 Å². The highest BCUT2D eigenvalue weighted by atomic mass is 35.5. The van der Waals surface area contributed by atoms with E-state index in [0.717, 1.165) is 12.1 Å². The summed E-state index contributed by atoms with van der Waals surface area (Å²) in [7, 11) is 0. The lowest BCUT2D eigenvalue weighted by Gasteiger charge is -2.18. The van der Waals surface area contributed by atoms with Crippen molar-refractivity contribution in [3.8, 4) is 0 Å². The van der Waals surface area contributed by atoms with Gasteiger partial charge in [-0.3, -0.25) is 4.79 Å². The Labute approximate surface area is 180 Å². The minimum atomic E-state index is -4.69. The maximum Gasteiger partial charge on any atom is 0.417 e. The van der Waals surface area contributed by atoms with Gasteiger partial charge >= 0.3 is 12.1 Å². The molecule has 3 aromatic rings. The maximum absolute atomic E-state index is 13.1. The van der Waals surface area contributed by atoms with E-state index in [4.69, 9.17) is 20.8 Å². The molecule has 0 aliphatic heterocycles. The van der Waals surface area contributed by atoms with Gasteiger partial charge in [0, 0.05) is 17.3 Å². The Morgan fingerprint density at radius 1 is 1.06 bits per heavy atom. The number of carbonyl (C=O) groups is 2. The van der Waals surface area contributed by atoms with E-state index in [1.807, 2.05) is 0 Å². The van der Waals surface area contributed by atoms with Crippen molar-refractivity contribution >= 4 is 35.2 Å². The monoisotopic (exact) mass is 449 g/mol. The van der Waals surface area contributed by atoms with Gasteiger partial charge in [-0.2, -0.15) is 13.2 Å². The summed E-state index contributed by atoms with van der Waals surface area (Å²) < 4.78 is 49.6. The summed E-state index contributed by atoms with van der Waals surface area (Å²) in [6.07, 6.45) is -2.24. The van der Waals surface area contributed by atoms with E-state index in [1.54, 1.807) is 42.5 Å². The molecular formula is C22H15ClF3NO4. The van der Waals surface area contributed by atoms with Crippen LogP contribution < -0.4 is 5.32 Å². The molecule has 9 heteroatoms. The first-order chi connectivity index (χ1) is 14.7. The predicted molar refractivity (Wildman–Crippen MR) is 108 cm³/mol. The second kappa shape index (κ2) is 9.53. The molecule has 0 saturated heterocycles. The van der Waals surface area contributed by atoms with Gasteiger partial charge in [0.25, 0.3) is 5.91 Å². The van der Waals surface area contributed by atoms with Gasteiger partial charge in [0.05, 0.1) is 16.8 Å². The number of anilines is 1. The number of rotatable bonds is 6. The minimum Gasteiger partial charge on any atom is -0.465 e. The third-order valence-electron chi connectivity index (χ3n) is 4.04. The van der Waals surface area contributed by atoms with Crippen molar-refractivity contribution in [2.24, 2.45) is 0 Å². The van der Waals surface area contributed by atoms with Gasteiger partial charge in [0.1, 0.15) is 5.76 Å². The average molecular weight is 450 g/mol. The van der Waals surface area contributed by atoms with Crippen molar-refractivity contribution < 1.29 is 31.9 Å². The van der Waals surface area contributed by atoms with Crippen LogP contribution in [-0.4, -0.2) is 11.9 Å². The maximum atomic E-state index is 13.1. The molecule has 0 aliphatic carbocycles. The van der Waals surface area contributed by atoms with Crippen LogP contribution in [0.4, 0.5) is 18.9 Å². The molecule has 0 spiro atoms. The SMILES string of the molecule is O=C(/C=C/c1ccco1)O[C@@H](C(=O)Nc1ccc(Cl)c(C(F)(F)F)c1)c1ccccc1. The van der Waals surface area contributed by atoms with Crippen LogP contribution in [0.1, 0.15) is 23.0 Å². The lowest BCUT2D eigenvalue weighted by molar-refractivity contribution is -0.149. The lowest BCUT2D eigenvalue weighted by atomic mass is 10.1. The second-order valence-corrected chi connectivity index (χ2v) is 6.67. The highest BCUT2D eigenvalue weighted by molar-refractivity contribution is 6.31. The molecule has 0 bridgehead atoms. The summed E-state index contributed by atoms with van der Waals surface area (Å²) in [5.41, 5.74) is -0.906. The highest BCUT2D eigenvalue weighted by Gasteiger charge is 2.34. The number of alkyl halides is 3. The van der Waals surface area contributed by atoms with Crippen LogP contribution >= 0.6 is 11.6 Å². The van der Waals surface area contributed by atoms with Crippen molar-refractivity contribution in [1.29, 1.82) is 0 Å². The summed E-state index contributed by atoms with van der Waals surface area (Å²) in [4.78, 5) is 25.0. The van der Waals surface area contributed by atoms with Gasteiger partial charge in [-0.1, -0.05) is 41.9 Å². The van der Waals surface area contributed by atoms with Gasteiger partial charge in [-0.15, -0.1) is 0 Å². The van der Waals surface area contributed by atoms with Crippen molar-refractivity contribution in [2.45, 2.75) is 12.3 Å². The van der Waals surface area contributed by atoms with E-state index in [-0.39, 0.29) is 5.69 Å². The fourth-order valence-corrected chi connectivity index (χ4v) is 2.85. The number of esters is 1. The van der Waals surface area contributed by atoms with Crippen LogP contribution in [0.15, 0.2) is 77.4 Å². The van der Waals surface area contributed by atoms with Gasteiger partial charge in [0.2, 0.25) is 6.10 Å². The molecule has 0 saturated carbocycles. The molecule has 1 amide bonds. The molecule has 160 valence electrons. The molecule has 3 rings (SSSR count). The van der Waals surface area contributed by atoms with E-state index in [0.29, 0.717) is 17.4 Å². The second-order valence-electron chi connectivity index (χ2n) is 6.26. The van der Waals surface area contributed by atoms with E-state index in [9.17, 15) is 22.8 Å². The summed E-state index contributed by atoms with van der Waals surface area (Å²) >= 11 is 5.60. The third kappa shape index (κ3) is 5.99. The molecule has 1 atom stereocenters. The molecular weight excluding hydrogens is 435 g/mol. The van der Waals surface area contributed by atoms with Gasteiger partial charge in [-0.05, 0) is 36.4 Å². The molecule has 0 radical (unpaired) electrons. The molecule has 1 aromatic heterocycles. The molecule has 2 aromatic carbocycles. The first-order valence-electron chi connectivity index (χ1n) is 8.89. The summed E-state index contributed by atoms with van der Waals surface area (Å²) in [6, 6.07) is 14.3. The summed E-state index contributed by atoms with van der Waals surface area (Å²) in [5.74, 6) is -1.27. The molecule has 1 heterocycles. The number of hydrogen-bond acceptors (Lipinski definition) is 4. The molecule has 5 nitrogen and oxygen atoms in total.